The first kappa shape index (κ1) is 13.7. The fourth-order valence-electron chi connectivity index (χ4n) is 2.18. The molecule has 0 spiro atoms. The summed E-state index contributed by atoms with van der Waals surface area (Å²) in [4.78, 5) is 15.4. The first-order valence-corrected chi connectivity index (χ1v) is 7.56. The van der Waals surface area contributed by atoms with Gasteiger partial charge in [0.15, 0.2) is 5.78 Å². The Balaban J connectivity index is 1.73. The van der Waals surface area contributed by atoms with E-state index in [9.17, 15) is 4.79 Å². The number of ketones is 1. The van der Waals surface area contributed by atoms with E-state index < -0.39 is 0 Å². The maximum absolute atomic E-state index is 12.0. The number of hydrogen-bond donors (Lipinski definition) is 0. The molecule has 0 fully saturated rings. The minimum Gasteiger partial charge on any atom is -0.338 e. The van der Waals surface area contributed by atoms with Gasteiger partial charge in [0.1, 0.15) is 0 Å². The van der Waals surface area contributed by atoms with Crippen LogP contribution in [0.2, 0.25) is 0 Å². The SMILES string of the molecule is CN1/C(=C/C=CC(=O)c2ccccc2)Sc2ccccc21. The number of thioether (sulfide) groups is 1. The van der Waals surface area contributed by atoms with Gasteiger partial charge in [-0.15, -0.1) is 0 Å². The second-order valence-electron chi connectivity index (χ2n) is 4.72. The molecule has 0 bridgehead atoms. The highest BCUT2D eigenvalue weighted by Gasteiger charge is 2.20. The highest BCUT2D eigenvalue weighted by molar-refractivity contribution is 8.03. The summed E-state index contributed by atoms with van der Waals surface area (Å²) in [7, 11) is 2.04. The van der Waals surface area contributed by atoms with Gasteiger partial charge in [-0.25, -0.2) is 0 Å². The van der Waals surface area contributed by atoms with Crippen LogP contribution in [-0.2, 0) is 0 Å². The molecule has 1 heterocycles. The molecule has 104 valence electrons. The molecule has 0 unspecified atom stereocenters. The van der Waals surface area contributed by atoms with Crippen LogP contribution in [0.15, 0.2) is 82.7 Å². The Labute approximate surface area is 128 Å². The third kappa shape index (κ3) is 2.93. The number of benzene rings is 2. The van der Waals surface area contributed by atoms with Crippen molar-refractivity contribution < 1.29 is 4.79 Å². The smallest absolute Gasteiger partial charge is 0.185 e. The maximum atomic E-state index is 12.0. The van der Waals surface area contributed by atoms with E-state index in [2.05, 4.69) is 17.0 Å². The normalized spacial score (nSPS) is 15.7. The fraction of sp³-hybridized carbons (Fsp3) is 0.0556. The number of carbonyl (C=O) groups is 1. The highest BCUT2D eigenvalue weighted by Crippen LogP contribution is 2.44. The van der Waals surface area contributed by atoms with Crippen LogP contribution in [0.4, 0.5) is 5.69 Å². The first-order valence-electron chi connectivity index (χ1n) is 6.74. The average Bonchev–Trinajstić information content (AvgIpc) is 2.85. The number of rotatable bonds is 3. The Bertz CT molecular complexity index is 719. The lowest BCUT2D eigenvalue weighted by Crippen LogP contribution is -2.08. The molecule has 21 heavy (non-hydrogen) atoms. The van der Waals surface area contributed by atoms with E-state index in [-0.39, 0.29) is 5.78 Å². The molecule has 0 saturated heterocycles. The number of para-hydroxylation sites is 1. The van der Waals surface area contributed by atoms with Crippen LogP contribution in [0.5, 0.6) is 0 Å². The van der Waals surface area contributed by atoms with E-state index in [1.165, 1.54) is 10.6 Å². The number of nitrogens with zero attached hydrogens (tertiary/aromatic N) is 1. The predicted octanol–water partition coefficient (Wildman–Crippen LogP) is 4.51. The molecule has 3 rings (SSSR count). The van der Waals surface area contributed by atoms with Crippen molar-refractivity contribution in [1.29, 1.82) is 0 Å². The minimum atomic E-state index is 0.0237. The predicted molar refractivity (Wildman–Crippen MR) is 88.7 cm³/mol. The highest BCUT2D eigenvalue weighted by atomic mass is 32.2. The van der Waals surface area contributed by atoms with Crippen molar-refractivity contribution in [2.24, 2.45) is 0 Å². The lowest BCUT2D eigenvalue weighted by Gasteiger charge is -2.12. The largest absolute Gasteiger partial charge is 0.338 e. The molecule has 1 aliphatic heterocycles. The zero-order valence-electron chi connectivity index (χ0n) is 11.7. The van der Waals surface area contributed by atoms with Crippen molar-refractivity contribution in [2.75, 3.05) is 11.9 Å². The van der Waals surface area contributed by atoms with Crippen molar-refractivity contribution >= 4 is 23.2 Å². The summed E-state index contributed by atoms with van der Waals surface area (Å²) in [6.45, 7) is 0. The summed E-state index contributed by atoms with van der Waals surface area (Å²) >= 11 is 1.72. The molecule has 0 N–H and O–H groups in total. The van der Waals surface area contributed by atoms with E-state index in [1.807, 2.05) is 61.7 Å². The molecule has 0 amide bonds. The maximum Gasteiger partial charge on any atom is 0.185 e. The summed E-state index contributed by atoms with van der Waals surface area (Å²) in [5.41, 5.74) is 1.92. The van der Waals surface area contributed by atoms with Crippen molar-refractivity contribution in [3.05, 3.63) is 83.4 Å². The van der Waals surface area contributed by atoms with Crippen molar-refractivity contribution in [3.8, 4) is 0 Å². The van der Waals surface area contributed by atoms with Gasteiger partial charge < -0.3 is 4.90 Å². The standard InChI is InChI=1S/C18H15NOS/c1-19-15-10-5-6-12-17(15)21-18(19)13-7-11-16(20)14-8-3-2-4-9-14/h2-13H,1H3/b11-7?,18-13-. The van der Waals surface area contributed by atoms with Gasteiger partial charge in [0.25, 0.3) is 0 Å². The van der Waals surface area contributed by atoms with Crippen LogP contribution in [0.25, 0.3) is 0 Å². The summed E-state index contributed by atoms with van der Waals surface area (Å²) in [5.74, 6) is 0.0237. The third-order valence-electron chi connectivity index (χ3n) is 3.32. The van der Waals surface area contributed by atoms with Crippen molar-refractivity contribution in [3.63, 3.8) is 0 Å². The van der Waals surface area contributed by atoms with E-state index in [0.717, 1.165) is 5.03 Å². The van der Waals surface area contributed by atoms with Crippen LogP contribution >= 0.6 is 11.8 Å². The van der Waals surface area contributed by atoms with E-state index in [0.29, 0.717) is 5.56 Å². The topological polar surface area (TPSA) is 20.3 Å². The molecule has 0 atom stereocenters. The van der Waals surface area contributed by atoms with E-state index in [4.69, 9.17) is 0 Å². The lowest BCUT2D eigenvalue weighted by molar-refractivity contribution is 0.104. The van der Waals surface area contributed by atoms with E-state index >= 15 is 0 Å². The lowest BCUT2D eigenvalue weighted by atomic mass is 10.1. The molecular formula is C18H15NOS. The number of anilines is 1. The van der Waals surface area contributed by atoms with Crippen LogP contribution in [0, 0.1) is 0 Å². The third-order valence-corrected chi connectivity index (χ3v) is 4.50. The zero-order chi connectivity index (χ0) is 14.7. The molecule has 2 nitrogen and oxygen atoms in total. The Hall–Kier alpha value is -2.26. The van der Waals surface area contributed by atoms with Gasteiger partial charge in [0.05, 0.1) is 10.7 Å². The summed E-state index contributed by atoms with van der Waals surface area (Å²) in [6, 6.07) is 17.6. The quantitative estimate of drug-likeness (QED) is 0.613. The molecule has 3 heteroatoms. The number of fused-ring (bicyclic) bond motifs is 1. The summed E-state index contributed by atoms with van der Waals surface area (Å²) in [6.07, 6.45) is 5.41. The van der Waals surface area contributed by atoms with Crippen molar-refractivity contribution in [1.82, 2.24) is 0 Å². The molecule has 0 aromatic heterocycles. The Morgan fingerprint density at radius 3 is 2.52 bits per heavy atom. The van der Waals surface area contributed by atoms with Gasteiger partial charge >= 0.3 is 0 Å². The second-order valence-corrected chi connectivity index (χ2v) is 5.79. The Morgan fingerprint density at radius 1 is 1.05 bits per heavy atom. The molecule has 0 saturated carbocycles. The monoisotopic (exact) mass is 293 g/mol. The first-order chi connectivity index (χ1) is 10.3. The second kappa shape index (κ2) is 6.02. The fourth-order valence-corrected chi connectivity index (χ4v) is 3.25. The number of carbonyl (C=O) groups excluding carboxylic acids is 1. The van der Waals surface area contributed by atoms with Crippen LogP contribution in [-0.4, -0.2) is 12.8 Å². The van der Waals surface area contributed by atoms with E-state index in [1.54, 1.807) is 17.8 Å². The van der Waals surface area contributed by atoms with Crippen LogP contribution in [0.3, 0.4) is 0 Å². The minimum absolute atomic E-state index is 0.0237. The molecule has 0 radical (unpaired) electrons. The van der Waals surface area contributed by atoms with Gasteiger partial charge in [0, 0.05) is 17.5 Å². The molecule has 0 aliphatic carbocycles. The number of allylic oxidation sites excluding steroid dienone is 3. The summed E-state index contributed by atoms with van der Waals surface area (Å²) in [5, 5.41) is 1.12. The van der Waals surface area contributed by atoms with Gasteiger partial charge in [-0.3, -0.25) is 4.79 Å². The van der Waals surface area contributed by atoms with Crippen LogP contribution in [0.1, 0.15) is 10.4 Å². The van der Waals surface area contributed by atoms with Gasteiger partial charge in [-0.05, 0) is 24.3 Å². The van der Waals surface area contributed by atoms with Gasteiger partial charge in [0.2, 0.25) is 0 Å². The Kier molecular flexibility index (Phi) is 3.93. The number of hydrogen-bond acceptors (Lipinski definition) is 3. The van der Waals surface area contributed by atoms with Crippen LogP contribution < -0.4 is 4.90 Å². The van der Waals surface area contributed by atoms with Gasteiger partial charge in [-0.1, -0.05) is 60.3 Å². The molecule has 2 aromatic carbocycles. The molecular weight excluding hydrogens is 278 g/mol. The van der Waals surface area contributed by atoms with Crippen molar-refractivity contribution in [2.45, 2.75) is 4.90 Å². The van der Waals surface area contributed by atoms with Gasteiger partial charge in [-0.2, -0.15) is 0 Å². The Morgan fingerprint density at radius 2 is 1.76 bits per heavy atom. The zero-order valence-corrected chi connectivity index (χ0v) is 12.5. The summed E-state index contributed by atoms with van der Waals surface area (Å²) < 4.78 is 0. The average molecular weight is 293 g/mol. The molecule has 2 aromatic rings. The molecule has 1 aliphatic rings.